The van der Waals surface area contributed by atoms with Gasteiger partial charge < -0.3 is 4.98 Å². The predicted octanol–water partition coefficient (Wildman–Crippen LogP) is 2.50. The smallest absolute Gasteiger partial charge is 0.270 e. The number of aromatic amines is 1. The number of rotatable bonds is 6. The Bertz CT molecular complexity index is 771. The number of hydrogen-bond acceptors (Lipinski definition) is 5. The van der Waals surface area contributed by atoms with Crippen LogP contribution in [0.5, 0.6) is 0 Å². The third-order valence-electron chi connectivity index (χ3n) is 4.85. The van der Waals surface area contributed by atoms with Gasteiger partial charge in [-0.15, -0.1) is 0 Å². The van der Waals surface area contributed by atoms with E-state index in [9.17, 15) is 14.1 Å². The molecule has 1 saturated heterocycles. The van der Waals surface area contributed by atoms with Crippen molar-refractivity contribution in [3.05, 3.63) is 69.0 Å². The highest BCUT2D eigenvalue weighted by Crippen LogP contribution is 2.26. The van der Waals surface area contributed by atoms with Crippen LogP contribution in [-0.4, -0.2) is 34.0 Å². The number of nitrogens with one attached hydrogen (secondary N) is 1. The molecule has 0 spiro atoms. The maximum atomic E-state index is 13.8. The molecule has 25 heavy (non-hydrogen) atoms. The van der Waals surface area contributed by atoms with Crippen LogP contribution in [0.2, 0.25) is 0 Å². The van der Waals surface area contributed by atoms with Gasteiger partial charge in [-0.1, -0.05) is 23.4 Å². The Morgan fingerprint density at radius 3 is 2.76 bits per heavy atom. The van der Waals surface area contributed by atoms with Crippen molar-refractivity contribution in [2.24, 2.45) is 11.1 Å². The molecule has 1 fully saturated rings. The quantitative estimate of drug-likeness (QED) is 0.817. The van der Waals surface area contributed by atoms with Crippen LogP contribution in [0.1, 0.15) is 24.1 Å². The van der Waals surface area contributed by atoms with Gasteiger partial charge in [0, 0.05) is 25.4 Å². The van der Waals surface area contributed by atoms with E-state index in [1.807, 2.05) is 0 Å². The highest BCUT2D eigenvalue weighted by molar-refractivity contribution is 5.18. The molecule has 0 saturated carbocycles. The average molecular weight is 344 g/mol. The molecule has 1 aromatic carbocycles. The number of benzene rings is 1. The number of aromatic nitrogens is 2. The van der Waals surface area contributed by atoms with Gasteiger partial charge >= 0.3 is 0 Å². The summed E-state index contributed by atoms with van der Waals surface area (Å²) >= 11 is 0. The van der Waals surface area contributed by atoms with Gasteiger partial charge in [0.2, 0.25) is 0 Å². The molecule has 0 bridgehead atoms. The summed E-state index contributed by atoms with van der Waals surface area (Å²) < 4.78 is 13.8. The number of nitroso groups, excluding NO2 is 1. The minimum absolute atomic E-state index is 0.135. The number of halogens is 1. The van der Waals surface area contributed by atoms with Gasteiger partial charge in [-0.2, -0.15) is 4.91 Å². The second-order valence-electron chi connectivity index (χ2n) is 6.45. The molecule has 1 aliphatic heterocycles. The summed E-state index contributed by atoms with van der Waals surface area (Å²) in [6.45, 7) is 2.03. The van der Waals surface area contributed by atoms with Crippen LogP contribution >= 0.6 is 0 Å². The molecule has 0 radical (unpaired) electrons. The molecule has 1 aliphatic rings. The van der Waals surface area contributed by atoms with E-state index in [2.05, 4.69) is 20.0 Å². The van der Waals surface area contributed by atoms with Crippen LogP contribution in [0.15, 0.2) is 46.6 Å². The minimum atomic E-state index is -0.419. The zero-order valence-corrected chi connectivity index (χ0v) is 13.9. The van der Waals surface area contributed by atoms with Crippen molar-refractivity contribution in [1.29, 1.82) is 0 Å². The Labute approximate surface area is 145 Å². The maximum Gasteiger partial charge on any atom is 0.270 e. The van der Waals surface area contributed by atoms with Crippen molar-refractivity contribution in [2.75, 3.05) is 13.1 Å². The normalized spacial score (nSPS) is 17.3. The first kappa shape index (κ1) is 17.4. The standard InChI is InChI=1S/C18H21FN4O2/c19-15-4-2-1-3-14(15)11-16(22-25)13-5-9-23(10-6-13)12-17-18(24)21-8-7-20-17/h1-4,7-8,13,16H,5-6,9-12H2,(H,21,24). The minimum Gasteiger partial charge on any atom is -0.326 e. The summed E-state index contributed by atoms with van der Waals surface area (Å²) in [7, 11) is 0. The number of nitrogens with zero attached hydrogens (tertiary/aromatic N) is 3. The van der Waals surface area contributed by atoms with E-state index < -0.39 is 6.04 Å². The Morgan fingerprint density at radius 2 is 2.08 bits per heavy atom. The predicted molar refractivity (Wildman–Crippen MR) is 92.5 cm³/mol. The van der Waals surface area contributed by atoms with Gasteiger partial charge in [-0.3, -0.25) is 14.7 Å². The lowest BCUT2D eigenvalue weighted by Gasteiger charge is -2.33. The van der Waals surface area contributed by atoms with Crippen LogP contribution < -0.4 is 5.56 Å². The van der Waals surface area contributed by atoms with E-state index in [4.69, 9.17) is 0 Å². The van der Waals surface area contributed by atoms with Crippen molar-refractivity contribution < 1.29 is 4.39 Å². The first-order chi connectivity index (χ1) is 12.2. The molecule has 0 aliphatic carbocycles. The Morgan fingerprint density at radius 1 is 1.32 bits per heavy atom. The van der Waals surface area contributed by atoms with E-state index >= 15 is 0 Å². The van der Waals surface area contributed by atoms with Crippen LogP contribution in [0.25, 0.3) is 0 Å². The summed E-state index contributed by atoms with van der Waals surface area (Å²) in [4.78, 5) is 31.9. The first-order valence-corrected chi connectivity index (χ1v) is 8.48. The molecule has 0 amide bonds. The van der Waals surface area contributed by atoms with Crippen molar-refractivity contribution in [2.45, 2.75) is 31.8 Å². The number of hydrogen-bond donors (Lipinski definition) is 1. The van der Waals surface area contributed by atoms with E-state index in [0.717, 1.165) is 25.9 Å². The largest absolute Gasteiger partial charge is 0.326 e. The Kier molecular flexibility index (Phi) is 5.65. The molecule has 7 heteroatoms. The lowest BCUT2D eigenvalue weighted by Crippen LogP contribution is -2.38. The average Bonchev–Trinajstić information content (AvgIpc) is 2.64. The van der Waals surface area contributed by atoms with E-state index in [-0.39, 0.29) is 17.3 Å². The SMILES string of the molecule is O=NC(Cc1ccccc1F)C1CCN(Cc2ncc[nH]c2=O)CC1. The summed E-state index contributed by atoms with van der Waals surface area (Å²) in [5.74, 6) is -0.154. The summed E-state index contributed by atoms with van der Waals surface area (Å²) in [5, 5.41) is 3.27. The van der Waals surface area contributed by atoms with Gasteiger partial charge in [-0.25, -0.2) is 4.39 Å². The lowest BCUT2D eigenvalue weighted by molar-refractivity contribution is 0.160. The molecule has 3 rings (SSSR count). The zero-order valence-electron chi connectivity index (χ0n) is 13.9. The number of piperidine rings is 1. The molecule has 2 heterocycles. The van der Waals surface area contributed by atoms with Gasteiger partial charge in [0.05, 0.1) is 6.04 Å². The van der Waals surface area contributed by atoms with Gasteiger partial charge in [0.15, 0.2) is 0 Å². The second kappa shape index (κ2) is 8.11. The molecule has 1 unspecified atom stereocenters. The molecular formula is C18H21FN4O2. The molecule has 132 valence electrons. The Balaban J connectivity index is 1.57. The number of H-pyrrole nitrogens is 1. The summed E-state index contributed by atoms with van der Waals surface area (Å²) in [6.07, 6.45) is 5.03. The molecule has 1 aromatic heterocycles. The summed E-state index contributed by atoms with van der Waals surface area (Å²) in [6, 6.07) is 6.10. The third kappa shape index (κ3) is 4.36. The summed E-state index contributed by atoms with van der Waals surface area (Å²) in [5.41, 5.74) is 0.864. The molecule has 1 N–H and O–H groups in total. The lowest BCUT2D eigenvalue weighted by atomic mass is 9.86. The fourth-order valence-corrected chi connectivity index (χ4v) is 3.38. The van der Waals surface area contributed by atoms with Crippen LogP contribution in [-0.2, 0) is 13.0 Å². The second-order valence-corrected chi connectivity index (χ2v) is 6.45. The zero-order chi connectivity index (χ0) is 17.6. The maximum absolute atomic E-state index is 13.8. The van der Waals surface area contributed by atoms with Crippen LogP contribution in [0.3, 0.4) is 0 Å². The molecule has 2 aromatic rings. The van der Waals surface area contributed by atoms with Crippen molar-refractivity contribution in [3.8, 4) is 0 Å². The highest BCUT2D eigenvalue weighted by Gasteiger charge is 2.28. The van der Waals surface area contributed by atoms with Crippen LogP contribution in [0, 0.1) is 16.6 Å². The monoisotopic (exact) mass is 344 g/mol. The van der Waals surface area contributed by atoms with E-state index in [1.54, 1.807) is 24.4 Å². The van der Waals surface area contributed by atoms with Gasteiger partial charge in [0.25, 0.3) is 5.56 Å². The van der Waals surface area contributed by atoms with E-state index in [0.29, 0.717) is 24.2 Å². The van der Waals surface area contributed by atoms with Crippen molar-refractivity contribution in [1.82, 2.24) is 14.9 Å². The third-order valence-corrected chi connectivity index (χ3v) is 4.85. The van der Waals surface area contributed by atoms with E-state index in [1.165, 1.54) is 12.3 Å². The topological polar surface area (TPSA) is 78.4 Å². The fraction of sp³-hybridized carbons (Fsp3) is 0.444. The van der Waals surface area contributed by atoms with Gasteiger partial charge in [0.1, 0.15) is 11.5 Å². The van der Waals surface area contributed by atoms with Crippen LogP contribution in [0.4, 0.5) is 4.39 Å². The van der Waals surface area contributed by atoms with Gasteiger partial charge in [-0.05, 0) is 43.5 Å². The molecular weight excluding hydrogens is 323 g/mol. The molecule has 6 nitrogen and oxygen atoms in total. The highest BCUT2D eigenvalue weighted by atomic mass is 19.1. The fourth-order valence-electron chi connectivity index (χ4n) is 3.38. The van der Waals surface area contributed by atoms with Crippen molar-refractivity contribution in [3.63, 3.8) is 0 Å². The first-order valence-electron chi connectivity index (χ1n) is 8.48. The Hall–Kier alpha value is -2.41. The molecule has 1 atom stereocenters. The number of likely N-dealkylation sites (tertiary alicyclic amines) is 1. The van der Waals surface area contributed by atoms with Crippen molar-refractivity contribution >= 4 is 0 Å².